The maximum absolute atomic E-state index is 12.9. The number of ether oxygens (including phenoxy) is 2. The van der Waals surface area contributed by atoms with Gasteiger partial charge in [0.1, 0.15) is 11.5 Å². The summed E-state index contributed by atoms with van der Waals surface area (Å²) in [6.45, 7) is 2.72. The molecule has 3 aromatic carbocycles. The van der Waals surface area contributed by atoms with Crippen molar-refractivity contribution in [3.8, 4) is 11.5 Å². The second-order valence-electron chi connectivity index (χ2n) is 7.48. The van der Waals surface area contributed by atoms with Gasteiger partial charge in [-0.2, -0.15) is 0 Å². The zero-order valence-electron chi connectivity index (χ0n) is 16.6. The summed E-state index contributed by atoms with van der Waals surface area (Å²) in [6, 6.07) is 20.8. The Labute approximate surface area is 174 Å². The molecular weight excluding hydrogens is 376 g/mol. The molecule has 30 heavy (non-hydrogen) atoms. The van der Waals surface area contributed by atoms with E-state index >= 15 is 0 Å². The van der Waals surface area contributed by atoms with E-state index in [9.17, 15) is 9.59 Å². The van der Waals surface area contributed by atoms with Gasteiger partial charge in [0.2, 0.25) is 0 Å². The first-order valence-corrected chi connectivity index (χ1v) is 10.1. The average Bonchev–Trinajstić information content (AvgIpc) is 3.25. The Bertz CT molecular complexity index is 1290. The van der Waals surface area contributed by atoms with Crippen LogP contribution in [0.1, 0.15) is 30.0 Å². The molecule has 0 amide bonds. The average molecular weight is 396 g/mol. The zero-order valence-corrected chi connectivity index (χ0v) is 16.6. The van der Waals surface area contributed by atoms with Crippen LogP contribution in [0.5, 0.6) is 11.5 Å². The Morgan fingerprint density at radius 1 is 0.867 bits per heavy atom. The highest BCUT2D eigenvalue weighted by molar-refractivity contribution is 6.24. The van der Waals surface area contributed by atoms with Gasteiger partial charge in [-0.05, 0) is 52.6 Å². The van der Waals surface area contributed by atoms with E-state index in [4.69, 9.17) is 9.47 Å². The van der Waals surface area contributed by atoms with Crippen LogP contribution < -0.4 is 19.9 Å². The fourth-order valence-electron chi connectivity index (χ4n) is 4.09. The highest BCUT2D eigenvalue weighted by Crippen LogP contribution is 2.26. The molecule has 1 aliphatic heterocycles. The number of fused-ring (bicyclic) bond motifs is 2. The molecular formula is C26H20O4. The SMILES string of the molecule is CCCOc1ccc(C2=c3cc4c(cc3CC2=O)=C(c2ccccc2)C(=O)O4)cc1. The number of hydrogen-bond donors (Lipinski definition) is 0. The van der Waals surface area contributed by atoms with Gasteiger partial charge in [-0.15, -0.1) is 0 Å². The monoisotopic (exact) mass is 396 g/mol. The molecule has 0 unspecified atom stereocenters. The van der Waals surface area contributed by atoms with Gasteiger partial charge in [0.05, 0.1) is 12.2 Å². The number of carbonyl (C=O) groups excluding carboxylic acids is 2. The van der Waals surface area contributed by atoms with E-state index in [-0.39, 0.29) is 11.8 Å². The Morgan fingerprint density at radius 2 is 1.60 bits per heavy atom. The molecule has 0 radical (unpaired) electrons. The summed E-state index contributed by atoms with van der Waals surface area (Å²) in [5, 5.41) is 1.59. The third-order valence-corrected chi connectivity index (χ3v) is 5.46. The molecule has 1 aliphatic carbocycles. The number of hydrogen-bond acceptors (Lipinski definition) is 4. The van der Waals surface area contributed by atoms with Crippen molar-refractivity contribution in [1.82, 2.24) is 0 Å². The number of rotatable bonds is 5. The van der Waals surface area contributed by atoms with Gasteiger partial charge in [0.15, 0.2) is 5.78 Å². The summed E-state index contributed by atoms with van der Waals surface area (Å²) in [5.74, 6) is 1.01. The molecule has 0 N–H and O–H groups in total. The van der Waals surface area contributed by atoms with Crippen molar-refractivity contribution >= 4 is 22.9 Å². The number of ketones is 1. The highest BCUT2D eigenvalue weighted by Gasteiger charge is 2.29. The summed E-state index contributed by atoms with van der Waals surface area (Å²) in [4.78, 5) is 25.4. The van der Waals surface area contributed by atoms with Gasteiger partial charge in [-0.3, -0.25) is 4.79 Å². The lowest BCUT2D eigenvalue weighted by Gasteiger charge is -2.06. The number of Topliss-reactive ketones (excluding diaryl/α,β-unsaturated/α-hetero) is 1. The van der Waals surface area contributed by atoms with E-state index in [1.807, 2.05) is 66.7 Å². The smallest absolute Gasteiger partial charge is 0.344 e. The molecule has 5 rings (SSSR count). The van der Waals surface area contributed by atoms with Crippen LogP contribution in [0, 0.1) is 0 Å². The largest absolute Gasteiger partial charge is 0.494 e. The van der Waals surface area contributed by atoms with Crippen molar-refractivity contribution in [1.29, 1.82) is 0 Å². The standard InChI is InChI=1S/C26H20O4/c1-2-12-29-19-10-8-17(9-11-19)24-20-15-23-21(13-18(20)14-22(24)27)25(26(28)30-23)16-6-4-3-5-7-16/h3-11,13,15H,2,12,14H2,1H3. The van der Waals surface area contributed by atoms with E-state index in [2.05, 4.69) is 6.92 Å². The molecule has 1 heterocycles. The number of carbonyl (C=O) groups is 2. The van der Waals surface area contributed by atoms with Crippen molar-refractivity contribution in [2.24, 2.45) is 0 Å². The molecule has 0 aromatic heterocycles. The summed E-state index contributed by atoms with van der Waals surface area (Å²) < 4.78 is 11.2. The van der Waals surface area contributed by atoms with Crippen molar-refractivity contribution < 1.29 is 19.1 Å². The molecule has 4 nitrogen and oxygen atoms in total. The van der Waals surface area contributed by atoms with Crippen LogP contribution >= 0.6 is 0 Å². The third-order valence-electron chi connectivity index (χ3n) is 5.46. The van der Waals surface area contributed by atoms with Crippen molar-refractivity contribution in [3.05, 3.63) is 93.9 Å². The minimum Gasteiger partial charge on any atom is -0.494 e. The van der Waals surface area contributed by atoms with Gasteiger partial charge in [0, 0.05) is 17.2 Å². The molecule has 0 saturated carbocycles. The van der Waals surface area contributed by atoms with Crippen LogP contribution in [0.15, 0.2) is 66.7 Å². The molecule has 0 saturated heterocycles. The van der Waals surface area contributed by atoms with Crippen LogP contribution in [-0.2, 0) is 16.0 Å². The molecule has 0 atom stereocenters. The van der Waals surface area contributed by atoms with Crippen molar-refractivity contribution in [2.45, 2.75) is 19.8 Å². The lowest BCUT2D eigenvalue weighted by atomic mass is 10.0. The molecule has 0 bridgehead atoms. The minimum absolute atomic E-state index is 0.0727. The van der Waals surface area contributed by atoms with Gasteiger partial charge in [-0.1, -0.05) is 49.4 Å². The lowest BCUT2D eigenvalue weighted by Crippen LogP contribution is -2.14. The maximum Gasteiger partial charge on any atom is 0.344 e. The minimum atomic E-state index is -0.356. The zero-order chi connectivity index (χ0) is 20.7. The number of benzene rings is 3. The summed E-state index contributed by atoms with van der Waals surface area (Å²) >= 11 is 0. The highest BCUT2D eigenvalue weighted by atomic mass is 16.5. The molecule has 0 spiro atoms. The van der Waals surface area contributed by atoms with Gasteiger partial charge in [-0.25, -0.2) is 4.79 Å². The molecule has 0 fully saturated rings. The lowest BCUT2D eigenvalue weighted by molar-refractivity contribution is -0.127. The number of esters is 1. The van der Waals surface area contributed by atoms with Gasteiger partial charge < -0.3 is 9.47 Å². The summed E-state index contributed by atoms with van der Waals surface area (Å²) in [7, 11) is 0. The summed E-state index contributed by atoms with van der Waals surface area (Å²) in [5.41, 5.74) is 3.80. The molecule has 4 heteroatoms. The fraction of sp³-hybridized carbons (Fsp3) is 0.154. The Hall–Kier alpha value is -3.66. The quantitative estimate of drug-likeness (QED) is 0.492. The molecule has 2 aliphatic rings. The Kier molecular flexibility index (Phi) is 4.47. The van der Waals surface area contributed by atoms with E-state index in [1.54, 1.807) is 0 Å². The second kappa shape index (κ2) is 7.30. The van der Waals surface area contributed by atoms with E-state index in [0.717, 1.165) is 39.3 Å². The van der Waals surface area contributed by atoms with E-state index in [1.165, 1.54) is 0 Å². The Balaban J connectivity index is 1.65. The predicted molar refractivity (Wildman–Crippen MR) is 114 cm³/mol. The topological polar surface area (TPSA) is 52.6 Å². The first kappa shape index (κ1) is 18.4. The first-order chi connectivity index (χ1) is 14.7. The summed E-state index contributed by atoms with van der Waals surface area (Å²) in [6.07, 6.45) is 1.26. The second-order valence-corrected chi connectivity index (χ2v) is 7.48. The van der Waals surface area contributed by atoms with Gasteiger partial charge >= 0.3 is 5.97 Å². The maximum atomic E-state index is 12.9. The molecule has 3 aromatic rings. The van der Waals surface area contributed by atoms with Crippen LogP contribution in [0.4, 0.5) is 0 Å². The fourth-order valence-corrected chi connectivity index (χ4v) is 4.09. The Morgan fingerprint density at radius 3 is 2.33 bits per heavy atom. The molecule has 148 valence electrons. The van der Waals surface area contributed by atoms with Crippen molar-refractivity contribution in [3.63, 3.8) is 0 Å². The van der Waals surface area contributed by atoms with E-state index in [0.29, 0.717) is 29.9 Å². The van der Waals surface area contributed by atoms with Crippen LogP contribution in [0.25, 0.3) is 11.1 Å². The van der Waals surface area contributed by atoms with Crippen LogP contribution in [0.2, 0.25) is 0 Å². The van der Waals surface area contributed by atoms with Crippen LogP contribution in [-0.4, -0.2) is 18.4 Å². The predicted octanol–water partition coefficient (Wildman–Crippen LogP) is 2.92. The van der Waals surface area contributed by atoms with Crippen LogP contribution in [0.3, 0.4) is 0 Å². The van der Waals surface area contributed by atoms with E-state index < -0.39 is 0 Å². The van der Waals surface area contributed by atoms with Crippen molar-refractivity contribution in [2.75, 3.05) is 6.61 Å². The first-order valence-electron chi connectivity index (χ1n) is 10.1. The normalized spacial score (nSPS) is 14.6. The van der Waals surface area contributed by atoms with Gasteiger partial charge in [0.25, 0.3) is 0 Å². The third kappa shape index (κ3) is 3.01.